The summed E-state index contributed by atoms with van der Waals surface area (Å²) in [7, 11) is 0. The minimum atomic E-state index is -1.15. The molecule has 1 amide bonds. The quantitative estimate of drug-likeness (QED) is 0.250. The van der Waals surface area contributed by atoms with Crippen molar-refractivity contribution < 1.29 is 29.0 Å². The highest BCUT2D eigenvalue weighted by Crippen LogP contribution is 2.32. The number of carbonyl (C=O) groups excluding carboxylic acids is 1. The minimum absolute atomic E-state index is 0.0746. The molecule has 0 radical (unpaired) electrons. The number of aromatic nitrogens is 1. The first-order valence-corrected chi connectivity index (χ1v) is 13.4. The van der Waals surface area contributed by atoms with Crippen LogP contribution in [-0.2, 0) is 22.5 Å². The van der Waals surface area contributed by atoms with Crippen LogP contribution in [0.5, 0.6) is 5.75 Å². The number of aryl methyl sites for hydroxylation is 1. The second kappa shape index (κ2) is 11.4. The van der Waals surface area contributed by atoms with Crippen LogP contribution in [0.4, 0.5) is 10.8 Å². The number of ether oxygens (including phenoxy) is 1. The summed E-state index contributed by atoms with van der Waals surface area (Å²) in [5.74, 6) is -0.998. The minimum Gasteiger partial charge on any atom is -0.506 e. The van der Waals surface area contributed by atoms with E-state index in [9.17, 15) is 24.6 Å². The van der Waals surface area contributed by atoms with E-state index in [1.807, 2.05) is 45.2 Å². The highest BCUT2D eigenvalue weighted by atomic mass is 127. The van der Waals surface area contributed by atoms with Crippen LogP contribution in [0.15, 0.2) is 27.4 Å². The van der Waals surface area contributed by atoms with Crippen molar-refractivity contribution in [2.75, 3.05) is 5.32 Å². The molecular formula is C25H27I2N3O7. The molecule has 0 aliphatic heterocycles. The topological polar surface area (TPSA) is 151 Å². The Balaban J connectivity index is 1.86. The summed E-state index contributed by atoms with van der Waals surface area (Å²) in [6.45, 7) is 8.95. The molecule has 37 heavy (non-hydrogen) atoms. The molecule has 0 bridgehead atoms. The Morgan fingerprint density at radius 2 is 1.84 bits per heavy atom. The van der Waals surface area contributed by atoms with Crippen LogP contribution < -0.4 is 16.3 Å². The number of halogens is 2. The third-order valence-electron chi connectivity index (χ3n) is 5.56. The molecule has 0 spiro atoms. The second-order valence-electron chi connectivity index (χ2n) is 9.45. The number of alkyl carbamates (subject to hydrolysis) is 1. The Labute approximate surface area is 240 Å². The van der Waals surface area contributed by atoms with Crippen molar-refractivity contribution in [2.45, 2.75) is 59.2 Å². The predicted molar refractivity (Wildman–Crippen MR) is 155 cm³/mol. The lowest BCUT2D eigenvalue weighted by Gasteiger charge is -2.20. The van der Waals surface area contributed by atoms with Crippen LogP contribution in [0.25, 0.3) is 10.9 Å². The lowest BCUT2D eigenvalue weighted by molar-refractivity contribution is -0.137. The predicted octanol–water partition coefficient (Wildman–Crippen LogP) is 4.85. The number of hydrogen-bond acceptors (Lipinski definition) is 8. The van der Waals surface area contributed by atoms with Crippen molar-refractivity contribution in [3.63, 3.8) is 0 Å². The molecule has 1 atom stereocenters. The van der Waals surface area contributed by atoms with Gasteiger partial charge in [0.15, 0.2) is 0 Å². The maximum atomic E-state index is 12.9. The van der Waals surface area contributed by atoms with Gasteiger partial charge in [-0.1, -0.05) is 6.07 Å². The Kier molecular flexibility index (Phi) is 8.93. The van der Waals surface area contributed by atoms with Crippen LogP contribution >= 0.6 is 45.2 Å². The molecule has 2 aromatic carbocycles. The Morgan fingerprint density at radius 3 is 2.46 bits per heavy atom. The van der Waals surface area contributed by atoms with E-state index in [4.69, 9.17) is 9.15 Å². The number of fused-ring (bicyclic) bond motifs is 1. The van der Waals surface area contributed by atoms with E-state index in [2.05, 4.69) is 15.6 Å². The average molecular weight is 735 g/mol. The Bertz CT molecular complexity index is 1430. The van der Waals surface area contributed by atoms with E-state index in [0.717, 1.165) is 11.1 Å². The van der Waals surface area contributed by atoms with Gasteiger partial charge in [0.2, 0.25) is 0 Å². The molecule has 1 heterocycles. The van der Waals surface area contributed by atoms with Crippen molar-refractivity contribution in [3.8, 4) is 5.75 Å². The van der Waals surface area contributed by atoms with Crippen LogP contribution in [0, 0.1) is 21.0 Å². The van der Waals surface area contributed by atoms with E-state index >= 15 is 0 Å². The number of carboxylic acids is 1. The molecule has 0 saturated heterocycles. The summed E-state index contributed by atoms with van der Waals surface area (Å²) in [4.78, 5) is 41.2. The first-order valence-electron chi connectivity index (χ1n) is 11.2. The third-order valence-corrected chi connectivity index (χ3v) is 7.70. The zero-order chi connectivity index (χ0) is 27.7. The smallest absolute Gasteiger partial charge is 0.407 e. The van der Waals surface area contributed by atoms with E-state index in [-0.39, 0.29) is 30.1 Å². The van der Waals surface area contributed by atoms with Gasteiger partial charge in [0.05, 0.1) is 18.0 Å². The zero-order valence-corrected chi connectivity index (χ0v) is 25.2. The fourth-order valence-electron chi connectivity index (χ4n) is 3.63. The number of aromatic hydroxyl groups is 1. The number of amides is 1. The molecule has 0 fully saturated rings. The van der Waals surface area contributed by atoms with Gasteiger partial charge in [-0.3, -0.25) is 0 Å². The van der Waals surface area contributed by atoms with Gasteiger partial charge in [0.25, 0.3) is 6.01 Å². The SMILES string of the molecule is Cc1c(C[C@H](Nc2nc3ccc(CNC(=O)OC(C)(C)C)c(C)c3c(=O)o2)C(=O)O)cc(I)c(O)c1I. The third kappa shape index (κ3) is 7.03. The van der Waals surface area contributed by atoms with Gasteiger partial charge in [-0.2, -0.15) is 4.98 Å². The number of carbonyl (C=O) groups is 2. The van der Waals surface area contributed by atoms with Gasteiger partial charge in [0, 0.05) is 13.0 Å². The summed E-state index contributed by atoms with van der Waals surface area (Å²) >= 11 is 4.01. The molecule has 12 heteroatoms. The molecule has 198 valence electrons. The first-order chi connectivity index (χ1) is 17.2. The molecule has 1 aromatic heterocycles. The number of hydrogen-bond donors (Lipinski definition) is 4. The van der Waals surface area contributed by atoms with E-state index in [1.54, 1.807) is 52.8 Å². The van der Waals surface area contributed by atoms with E-state index in [1.165, 1.54) is 0 Å². The summed E-state index contributed by atoms with van der Waals surface area (Å²) in [5.41, 5.74) is 1.77. The number of nitrogens with one attached hydrogen (secondary N) is 2. The average Bonchev–Trinajstić information content (AvgIpc) is 2.78. The molecule has 3 aromatic rings. The second-order valence-corrected chi connectivity index (χ2v) is 11.7. The Hall–Kier alpha value is -2.62. The number of benzene rings is 2. The highest BCUT2D eigenvalue weighted by Gasteiger charge is 2.24. The fraction of sp³-hybridized carbons (Fsp3) is 0.360. The number of aliphatic carboxylic acids is 1. The molecular weight excluding hydrogens is 708 g/mol. The van der Waals surface area contributed by atoms with Crippen molar-refractivity contribution in [3.05, 3.63) is 58.0 Å². The number of phenolic OH excluding ortho intramolecular Hbond substituents is 1. The molecule has 0 unspecified atom stereocenters. The maximum absolute atomic E-state index is 12.9. The number of rotatable bonds is 7. The summed E-state index contributed by atoms with van der Waals surface area (Å²) in [5, 5.41) is 25.6. The van der Waals surface area contributed by atoms with Crippen LogP contribution in [0.1, 0.15) is 43.0 Å². The van der Waals surface area contributed by atoms with E-state index in [0.29, 0.717) is 23.8 Å². The van der Waals surface area contributed by atoms with Crippen molar-refractivity contribution in [1.29, 1.82) is 0 Å². The summed E-state index contributed by atoms with van der Waals surface area (Å²) in [6.07, 6.45) is -0.504. The maximum Gasteiger partial charge on any atom is 0.407 e. The largest absolute Gasteiger partial charge is 0.506 e. The number of nitrogens with zero attached hydrogens (tertiary/aromatic N) is 1. The molecule has 0 aliphatic rings. The highest BCUT2D eigenvalue weighted by molar-refractivity contribution is 14.1. The van der Waals surface area contributed by atoms with Gasteiger partial charge < -0.3 is 30.0 Å². The van der Waals surface area contributed by atoms with Gasteiger partial charge in [0.1, 0.15) is 17.4 Å². The van der Waals surface area contributed by atoms with Gasteiger partial charge >= 0.3 is 17.7 Å². The van der Waals surface area contributed by atoms with Gasteiger partial charge in [-0.15, -0.1) is 0 Å². The molecule has 10 nitrogen and oxygen atoms in total. The van der Waals surface area contributed by atoms with Crippen LogP contribution in [0.3, 0.4) is 0 Å². The number of anilines is 1. The lowest BCUT2D eigenvalue weighted by atomic mass is 10.0. The summed E-state index contributed by atoms with van der Waals surface area (Å²) < 4.78 is 11.8. The lowest BCUT2D eigenvalue weighted by Crippen LogP contribution is -2.33. The van der Waals surface area contributed by atoms with Crippen LogP contribution in [-0.4, -0.2) is 38.9 Å². The fourth-order valence-corrected chi connectivity index (χ4v) is 5.43. The molecule has 0 aliphatic carbocycles. The molecule has 3 rings (SSSR count). The summed E-state index contributed by atoms with van der Waals surface area (Å²) in [6, 6.07) is 3.71. The van der Waals surface area contributed by atoms with Gasteiger partial charge in [-0.05, 0) is 114 Å². The van der Waals surface area contributed by atoms with Crippen molar-refractivity contribution in [2.24, 2.45) is 0 Å². The Morgan fingerprint density at radius 1 is 1.16 bits per heavy atom. The zero-order valence-electron chi connectivity index (χ0n) is 20.9. The van der Waals surface area contributed by atoms with Crippen LogP contribution in [0.2, 0.25) is 0 Å². The standard InChI is InChI=1S/C25H27I2N3O7/c1-11-13(10-28-24(35)37-25(3,4)5)6-7-16-18(11)22(34)36-23(29-16)30-17(21(32)33)9-14-8-15(26)20(31)19(27)12(14)2/h6-8,17,31H,9-10H2,1-5H3,(H,28,35)(H,29,30)(H,32,33)/t17-/m0/s1. The van der Waals surface area contributed by atoms with Crippen molar-refractivity contribution >= 4 is 74.2 Å². The molecule has 0 saturated carbocycles. The van der Waals surface area contributed by atoms with Crippen molar-refractivity contribution in [1.82, 2.24) is 10.3 Å². The molecule has 4 N–H and O–H groups in total. The number of carboxylic acid groups (broad SMARTS) is 1. The van der Waals surface area contributed by atoms with Gasteiger partial charge in [-0.25, -0.2) is 14.4 Å². The first kappa shape index (κ1) is 28.9. The normalized spacial score (nSPS) is 12.3. The number of phenols is 1. The van der Waals surface area contributed by atoms with E-state index < -0.39 is 29.3 Å². The monoisotopic (exact) mass is 735 g/mol.